The van der Waals surface area contributed by atoms with Gasteiger partial charge in [0, 0.05) is 19.2 Å². The zero-order valence-electron chi connectivity index (χ0n) is 9.88. The summed E-state index contributed by atoms with van der Waals surface area (Å²) in [5.74, 6) is -0.0765. The number of ether oxygens (including phenoxy) is 1. The van der Waals surface area contributed by atoms with Crippen molar-refractivity contribution < 1.29 is 9.53 Å². The van der Waals surface area contributed by atoms with Gasteiger partial charge in [-0.15, -0.1) is 0 Å². The first kappa shape index (κ1) is 12.5. The Bertz CT molecular complexity index is 229. The van der Waals surface area contributed by atoms with Gasteiger partial charge in [0.1, 0.15) is 5.60 Å². The summed E-state index contributed by atoms with van der Waals surface area (Å²) in [4.78, 5) is 11.8. The summed E-state index contributed by atoms with van der Waals surface area (Å²) in [6.07, 6.45) is 4.29. The fraction of sp³-hybridized carbons (Fsp3) is 0.909. The van der Waals surface area contributed by atoms with Gasteiger partial charge in [-0.3, -0.25) is 4.79 Å². The van der Waals surface area contributed by atoms with Crippen LogP contribution < -0.4 is 11.1 Å². The molecule has 1 rings (SSSR count). The largest absolute Gasteiger partial charge is 0.369 e. The zero-order valence-corrected chi connectivity index (χ0v) is 9.88. The molecule has 2 atom stereocenters. The maximum Gasteiger partial charge on any atom is 0.251 e. The van der Waals surface area contributed by atoms with E-state index in [-0.39, 0.29) is 18.0 Å². The van der Waals surface area contributed by atoms with E-state index in [9.17, 15) is 4.79 Å². The lowest BCUT2D eigenvalue weighted by Gasteiger charge is -2.32. The number of hydrogen-bond acceptors (Lipinski definition) is 3. The van der Waals surface area contributed by atoms with E-state index in [4.69, 9.17) is 10.5 Å². The Kier molecular flexibility index (Phi) is 4.11. The van der Waals surface area contributed by atoms with Crippen molar-refractivity contribution in [3.8, 4) is 0 Å². The van der Waals surface area contributed by atoms with Crippen LogP contribution in [0.1, 0.15) is 39.5 Å². The van der Waals surface area contributed by atoms with Gasteiger partial charge in [-0.05, 0) is 26.7 Å². The van der Waals surface area contributed by atoms with Gasteiger partial charge < -0.3 is 15.8 Å². The molecule has 0 spiro atoms. The van der Waals surface area contributed by atoms with E-state index < -0.39 is 5.60 Å². The molecule has 0 aromatic carbocycles. The van der Waals surface area contributed by atoms with Crippen LogP contribution in [0.25, 0.3) is 0 Å². The van der Waals surface area contributed by atoms with E-state index in [2.05, 4.69) is 5.32 Å². The molecule has 1 saturated carbocycles. The molecule has 0 bridgehead atoms. The first-order valence-electron chi connectivity index (χ1n) is 5.59. The number of amides is 1. The number of nitrogens with one attached hydrogen (secondary N) is 1. The summed E-state index contributed by atoms with van der Waals surface area (Å²) < 4.78 is 5.12. The lowest BCUT2D eigenvalue weighted by Crippen LogP contribution is -2.54. The molecular formula is C11H22N2O2. The molecule has 0 saturated heterocycles. The first-order chi connectivity index (χ1) is 6.97. The molecular weight excluding hydrogens is 192 g/mol. The van der Waals surface area contributed by atoms with Crippen LogP contribution in [0.2, 0.25) is 0 Å². The van der Waals surface area contributed by atoms with E-state index in [1.165, 1.54) is 6.42 Å². The van der Waals surface area contributed by atoms with Gasteiger partial charge in [0.05, 0.1) is 0 Å². The molecule has 88 valence electrons. The van der Waals surface area contributed by atoms with Gasteiger partial charge in [0.15, 0.2) is 0 Å². The number of hydrogen-bond donors (Lipinski definition) is 2. The summed E-state index contributed by atoms with van der Waals surface area (Å²) in [6, 6.07) is 0.205. The Balaban J connectivity index is 2.50. The molecule has 0 aromatic heterocycles. The van der Waals surface area contributed by atoms with Gasteiger partial charge >= 0.3 is 0 Å². The fourth-order valence-electron chi connectivity index (χ4n) is 1.77. The minimum Gasteiger partial charge on any atom is -0.369 e. The third kappa shape index (κ3) is 3.18. The maximum absolute atomic E-state index is 11.8. The second kappa shape index (κ2) is 4.94. The molecule has 1 fully saturated rings. The van der Waals surface area contributed by atoms with Crippen LogP contribution in [-0.4, -0.2) is 30.7 Å². The summed E-state index contributed by atoms with van der Waals surface area (Å²) in [5.41, 5.74) is 5.19. The lowest BCUT2D eigenvalue weighted by molar-refractivity contribution is -0.140. The Morgan fingerprint density at radius 2 is 2.00 bits per heavy atom. The van der Waals surface area contributed by atoms with Gasteiger partial charge in [0.25, 0.3) is 5.91 Å². The van der Waals surface area contributed by atoms with Gasteiger partial charge in [-0.2, -0.15) is 0 Å². The summed E-state index contributed by atoms with van der Waals surface area (Å²) in [5, 5.41) is 2.97. The first-order valence-corrected chi connectivity index (χ1v) is 5.59. The Morgan fingerprint density at radius 1 is 1.40 bits per heavy atom. The maximum atomic E-state index is 11.8. The molecule has 0 aromatic rings. The van der Waals surface area contributed by atoms with Crippen molar-refractivity contribution in [2.75, 3.05) is 7.11 Å². The Morgan fingerprint density at radius 3 is 2.53 bits per heavy atom. The van der Waals surface area contributed by atoms with Crippen LogP contribution in [0, 0.1) is 0 Å². The number of nitrogens with two attached hydrogens (primary N) is 1. The molecule has 1 aliphatic carbocycles. The van der Waals surface area contributed by atoms with Crippen LogP contribution >= 0.6 is 0 Å². The van der Waals surface area contributed by atoms with E-state index in [1.54, 1.807) is 21.0 Å². The van der Waals surface area contributed by atoms with Crippen molar-refractivity contribution in [3.63, 3.8) is 0 Å². The molecule has 3 N–H and O–H groups in total. The normalized spacial score (nSPS) is 27.5. The van der Waals surface area contributed by atoms with Crippen molar-refractivity contribution >= 4 is 5.91 Å². The molecule has 2 unspecified atom stereocenters. The highest BCUT2D eigenvalue weighted by Crippen LogP contribution is 2.18. The topological polar surface area (TPSA) is 64.3 Å². The Hall–Kier alpha value is -0.610. The van der Waals surface area contributed by atoms with Crippen LogP contribution in [0.4, 0.5) is 0 Å². The SMILES string of the molecule is COC(C)(C)C(=O)NC1CCCCC1N. The van der Waals surface area contributed by atoms with Crippen LogP contribution in [0.5, 0.6) is 0 Å². The van der Waals surface area contributed by atoms with E-state index in [0.717, 1.165) is 19.3 Å². The highest BCUT2D eigenvalue weighted by atomic mass is 16.5. The zero-order chi connectivity index (χ0) is 11.5. The highest BCUT2D eigenvalue weighted by Gasteiger charge is 2.31. The molecule has 0 radical (unpaired) electrons. The molecule has 15 heavy (non-hydrogen) atoms. The minimum atomic E-state index is -0.767. The van der Waals surface area contributed by atoms with Crippen molar-refractivity contribution in [2.24, 2.45) is 5.73 Å². The third-order valence-corrected chi connectivity index (χ3v) is 3.19. The van der Waals surface area contributed by atoms with Crippen molar-refractivity contribution in [2.45, 2.75) is 57.2 Å². The quantitative estimate of drug-likeness (QED) is 0.730. The number of carbonyl (C=O) groups excluding carboxylic acids is 1. The van der Waals surface area contributed by atoms with E-state index in [0.29, 0.717) is 0 Å². The fourth-order valence-corrected chi connectivity index (χ4v) is 1.77. The summed E-state index contributed by atoms with van der Waals surface area (Å²) in [7, 11) is 1.54. The molecule has 4 nitrogen and oxygen atoms in total. The summed E-state index contributed by atoms with van der Waals surface area (Å²) >= 11 is 0. The predicted molar refractivity (Wildman–Crippen MR) is 59.5 cm³/mol. The summed E-state index contributed by atoms with van der Waals surface area (Å²) in [6.45, 7) is 3.52. The monoisotopic (exact) mass is 214 g/mol. The molecule has 1 amide bonds. The second-order valence-electron chi connectivity index (χ2n) is 4.74. The van der Waals surface area contributed by atoms with Gasteiger partial charge in [-0.25, -0.2) is 0 Å². The van der Waals surface area contributed by atoms with E-state index >= 15 is 0 Å². The number of rotatable bonds is 3. The average molecular weight is 214 g/mol. The van der Waals surface area contributed by atoms with Crippen molar-refractivity contribution in [1.29, 1.82) is 0 Å². The second-order valence-corrected chi connectivity index (χ2v) is 4.74. The van der Waals surface area contributed by atoms with Crippen LogP contribution in [-0.2, 0) is 9.53 Å². The average Bonchev–Trinajstić information content (AvgIpc) is 2.21. The molecule has 0 aliphatic heterocycles. The molecule has 0 heterocycles. The third-order valence-electron chi connectivity index (χ3n) is 3.19. The van der Waals surface area contributed by atoms with Gasteiger partial charge in [0.2, 0.25) is 0 Å². The number of carbonyl (C=O) groups is 1. The molecule has 4 heteroatoms. The Labute approximate surface area is 91.5 Å². The molecule has 1 aliphatic rings. The van der Waals surface area contributed by atoms with Crippen molar-refractivity contribution in [3.05, 3.63) is 0 Å². The standard InChI is InChI=1S/C11H22N2O2/c1-11(2,15-3)10(14)13-9-7-5-4-6-8(9)12/h8-9H,4-7,12H2,1-3H3,(H,13,14). The van der Waals surface area contributed by atoms with E-state index in [1.807, 2.05) is 0 Å². The smallest absolute Gasteiger partial charge is 0.251 e. The predicted octanol–water partition coefficient (Wildman–Crippen LogP) is 0.797. The van der Waals surface area contributed by atoms with Gasteiger partial charge in [-0.1, -0.05) is 12.8 Å². The minimum absolute atomic E-state index is 0.0765. The van der Waals surface area contributed by atoms with Crippen molar-refractivity contribution in [1.82, 2.24) is 5.32 Å². The number of methoxy groups -OCH3 is 1. The highest BCUT2D eigenvalue weighted by molar-refractivity contribution is 5.84. The van der Waals surface area contributed by atoms with Crippen LogP contribution in [0.3, 0.4) is 0 Å². The van der Waals surface area contributed by atoms with Crippen LogP contribution in [0.15, 0.2) is 0 Å². The lowest BCUT2D eigenvalue weighted by atomic mass is 9.90.